The fraction of sp³-hybridized carbons (Fsp3) is 0.0714. The van der Waals surface area contributed by atoms with Gasteiger partial charge in [0.05, 0.1) is 16.6 Å². The Labute approximate surface area is 132 Å². The van der Waals surface area contributed by atoms with Crippen LogP contribution in [0.5, 0.6) is 5.75 Å². The molecule has 0 aliphatic heterocycles. The van der Waals surface area contributed by atoms with Crippen LogP contribution < -0.4 is 0 Å². The molecule has 96 valence electrons. The molecule has 0 amide bonds. The maximum absolute atomic E-state index is 10.0. The molecule has 0 saturated carbocycles. The van der Waals surface area contributed by atoms with Gasteiger partial charge in [-0.05, 0) is 59.0 Å². The smallest absolute Gasteiger partial charge is 0.144 e. The third kappa shape index (κ3) is 2.25. The first-order valence-corrected chi connectivity index (χ1v) is 7.54. The highest BCUT2D eigenvalue weighted by Crippen LogP contribution is 2.32. The Hall–Kier alpha value is -1.08. The molecular weight excluding hydrogens is 419 g/mol. The molecule has 0 unspecified atom stereocenters. The third-order valence-electron chi connectivity index (χ3n) is 3.04. The maximum Gasteiger partial charge on any atom is 0.144 e. The van der Waals surface area contributed by atoms with Crippen molar-refractivity contribution >= 4 is 49.6 Å². The van der Waals surface area contributed by atoms with E-state index in [0.717, 1.165) is 30.5 Å². The summed E-state index contributed by atoms with van der Waals surface area (Å²) >= 11 is 5.68. The van der Waals surface area contributed by atoms with Crippen molar-refractivity contribution < 1.29 is 5.11 Å². The van der Waals surface area contributed by atoms with Crippen LogP contribution in [-0.2, 0) is 7.05 Å². The number of aromatic hydroxyl groups is 1. The van der Waals surface area contributed by atoms with Gasteiger partial charge in [0.1, 0.15) is 11.6 Å². The molecule has 1 N–H and O–H groups in total. The summed E-state index contributed by atoms with van der Waals surface area (Å²) in [6.45, 7) is 0. The van der Waals surface area contributed by atoms with Gasteiger partial charge in [-0.2, -0.15) is 0 Å². The maximum atomic E-state index is 10.0. The molecule has 5 heteroatoms. The van der Waals surface area contributed by atoms with Gasteiger partial charge in [0.25, 0.3) is 0 Å². The molecule has 0 aliphatic rings. The van der Waals surface area contributed by atoms with Crippen molar-refractivity contribution in [1.29, 1.82) is 0 Å². The molecule has 3 nitrogen and oxygen atoms in total. The Bertz CT molecular complexity index is 782. The number of benzene rings is 2. The first-order chi connectivity index (χ1) is 9.06. The van der Waals surface area contributed by atoms with Crippen molar-refractivity contribution in [3.05, 3.63) is 44.4 Å². The molecule has 0 spiro atoms. The average Bonchev–Trinajstić information content (AvgIpc) is 2.69. The summed E-state index contributed by atoms with van der Waals surface area (Å²) in [5.74, 6) is 1.02. The summed E-state index contributed by atoms with van der Waals surface area (Å²) < 4.78 is 4.06. The van der Waals surface area contributed by atoms with Gasteiger partial charge in [-0.3, -0.25) is 0 Å². The van der Waals surface area contributed by atoms with E-state index in [-0.39, 0.29) is 5.75 Å². The van der Waals surface area contributed by atoms with Crippen LogP contribution in [0.2, 0.25) is 0 Å². The van der Waals surface area contributed by atoms with Crippen molar-refractivity contribution in [3.63, 3.8) is 0 Å². The second-order valence-electron chi connectivity index (χ2n) is 4.29. The van der Waals surface area contributed by atoms with E-state index >= 15 is 0 Å². The topological polar surface area (TPSA) is 38.0 Å². The minimum absolute atomic E-state index is 0.248. The molecule has 2 aromatic carbocycles. The number of phenolic OH excluding ortho intramolecular Hbond substituents is 1. The van der Waals surface area contributed by atoms with Gasteiger partial charge in [-0.1, -0.05) is 15.9 Å². The van der Waals surface area contributed by atoms with Crippen LogP contribution in [0.1, 0.15) is 0 Å². The van der Waals surface area contributed by atoms with Crippen LogP contribution in [0.15, 0.2) is 40.9 Å². The number of imidazole rings is 1. The van der Waals surface area contributed by atoms with E-state index in [1.54, 1.807) is 6.07 Å². The predicted octanol–water partition coefficient (Wildman–Crippen LogP) is 4.31. The summed E-state index contributed by atoms with van der Waals surface area (Å²) in [4.78, 5) is 4.61. The van der Waals surface area contributed by atoms with Crippen molar-refractivity contribution in [3.8, 4) is 17.1 Å². The van der Waals surface area contributed by atoms with Crippen LogP contribution in [0, 0.1) is 3.57 Å². The molecule has 0 radical (unpaired) electrons. The molecule has 0 bridgehead atoms. The van der Waals surface area contributed by atoms with Crippen molar-refractivity contribution in [2.24, 2.45) is 7.05 Å². The molecule has 19 heavy (non-hydrogen) atoms. The second kappa shape index (κ2) is 4.79. The molecule has 0 aliphatic carbocycles. The van der Waals surface area contributed by atoms with Gasteiger partial charge in [0.15, 0.2) is 0 Å². The number of aryl methyl sites for hydroxylation is 1. The minimum atomic E-state index is 0.248. The molecule has 3 rings (SSSR count). The Balaban J connectivity index is 2.30. The lowest BCUT2D eigenvalue weighted by Gasteiger charge is -2.05. The number of rotatable bonds is 1. The molecule has 0 fully saturated rings. The van der Waals surface area contributed by atoms with E-state index in [2.05, 4.69) is 43.5 Å². The highest BCUT2D eigenvalue weighted by molar-refractivity contribution is 14.1. The summed E-state index contributed by atoms with van der Waals surface area (Å²) in [6.07, 6.45) is 0. The van der Waals surface area contributed by atoms with Gasteiger partial charge < -0.3 is 9.67 Å². The lowest BCUT2D eigenvalue weighted by atomic mass is 10.2. The molecule has 0 saturated heterocycles. The fourth-order valence-corrected chi connectivity index (χ4v) is 2.94. The van der Waals surface area contributed by atoms with Gasteiger partial charge in [-0.15, -0.1) is 0 Å². The number of phenols is 1. The SMILES string of the molecule is Cn1c(-c2cc(I)ccc2O)nc2cc(Br)ccc21. The first-order valence-electron chi connectivity index (χ1n) is 5.67. The van der Waals surface area contributed by atoms with Gasteiger partial charge in [0, 0.05) is 15.1 Å². The molecule has 1 aromatic heterocycles. The Morgan fingerprint density at radius 1 is 1.21 bits per heavy atom. The number of aromatic nitrogens is 2. The highest BCUT2D eigenvalue weighted by Gasteiger charge is 2.13. The standard InChI is InChI=1S/C14H10BrIN2O/c1-18-12-4-2-8(15)6-11(12)17-14(18)10-7-9(16)3-5-13(10)19/h2-7,19H,1H3. The normalized spacial score (nSPS) is 11.1. The molecule has 0 atom stereocenters. The van der Waals surface area contributed by atoms with Crippen LogP contribution >= 0.6 is 38.5 Å². The summed E-state index contributed by atoms with van der Waals surface area (Å²) in [5.41, 5.74) is 2.70. The number of nitrogens with zero attached hydrogens (tertiary/aromatic N) is 2. The summed E-state index contributed by atoms with van der Waals surface area (Å²) in [7, 11) is 1.96. The van der Waals surface area contributed by atoms with Crippen LogP contribution in [0.25, 0.3) is 22.4 Å². The van der Waals surface area contributed by atoms with Gasteiger partial charge >= 0.3 is 0 Å². The van der Waals surface area contributed by atoms with Crippen LogP contribution in [0.3, 0.4) is 0 Å². The Morgan fingerprint density at radius 3 is 2.79 bits per heavy atom. The number of hydrogen-bond acceptors (Lipinski definition) is 2. The number of hydrogen-bond donors (Lipinski definition) is 1. The fourth-order valence-electron chi connectivity index (χ4n) is 2.10. The monoisotopic (exact) mass is 428 g/mol. The lowest BCUT2D eigenvalue weighted by Crippen LogP contribution is -1.93. The van der Waals surface area contributed by atoms with Crippen LogP contribution in [-0.4, -0.2) is 14.7 Å². The molecular formula is C14H10BrIN2O. The third-order valence-corrected chi connectivity index (χ3v) is 4.21. The quantitative estimate of drug-likeness (QED) is 0.586. The molecule has 3 aromatic rings. The Kier molecular flexibility index (Phi) is 3.26. The van der Waals surface area contributed by atoms with E-state index in [9.17, 15) is 5.11 Å². The van der Waals surface area contributed by atoms with Crippen molar-refractivity contribution in [1.82, 2.24) is 9.55 Å². The number of fused-ring (bicyclic) bond motifs is 1. The largest absolute Gasteiger partial charge is 0.507 e. The highest BCUT2D eigenvalue weighted by atomic mass is 127. The minimum Gasteiger partial charge on any atom is -0.507 e. The lowest BCUT2D eigenvalue weighted by molar-refractivity contribution is 0.476. The zero-order valence-corrected chi connectivity index (χ0v) is 13.8. The second-order valence-corrected chi connectivity index (χ2v) is 6.45. The van der Waals surface area contributed by atoms with Crippen molar-refractivity contribution in [2.45, 2.75) is 0 Å². The first kappa shape index (κ1) is 12.9. The van der Waals surface area contributed by atoms with E-state index in [1.165, 1.54) is 0 Å². The van der Waals surface area contributed by atoms with Gasteiger partial charge in [-0.25, -0.2) is 4.98 Å². The summed E-state index contributed by atoms with van der Waals surface area (Å²) in [5, 5.41) is 10.0. The van der Waals surface area contributed by atoms with E-state index in [4.69, 9.17) is 0 Å². The zero-order valence-electron chi connectivity index (χ0n) is 10.1. The number of halogens is 2. The van der Waals surface area contributed by atoms with E-state index < -0.39 is 0 Å². The molecule has 1 heterocycles. The van der Waals surface area contributed by atoms with E-state index in [1.807, 2.05) is 41.9 Å². The zero-order chi connectivity index (χ0) is 13.6. The average molecular weight is 429 g/mol. The van der Waals surface area contributed by atoms with Gasteiger partial charge in [0.2, 0.25) is 0 Å². The van der Waals surface area contributed by atoms with Crippen molar-refractivity contribution in [2.75, 3.05) is 0 Å². The Morgan fingerprint density at radius 2 is 2.00 bits per heavy atom. The van der Waals surface area contributed by atoms with E-state index in [0.29, 0.717) is 0 Å². The predicted molar refractivity (Wildman–Crippen MR) is 88.2 cm³/mol. The van der Waals surface area contributed by atoms with Crippen LogP contribution in [0.4, 0.5) is 0 Å². The summed E-state index contributed by atoms with van der Waals surface area (Å²) in [6, 6.07) is 11.5.